The van der Waals surface area contributed by atoms with Crippen LogP contribution in [0.1, 0.15) is 31.2 Å². The van der Waals surface area contributed by atoms with Gasteiger partial charge in [0.1, 0.15) is 0 Å². The highest BCUT2D eigenvalue weighted by Gasteiger charge is 2.46. The summed E-state index contributed by atoms with van der Waals surface area (Å²) in [6.45, 7) is 6.11. The van der Waals surface area contributed by atoms with Crippen molar-refractivity contribution in [3.05, 3.63) is 34.9 Å². The molecule has 1 N–H and O–H groups in total. The molecule has 2 aliphatic rings. The molecule has 0 radical (unpaired) electrons. The third-order valence-electron chi connectivity index (χ3n) is 5.04. The molecule has 2 unspecified atom stereocenters. The highest BCUT2D eigenvalue weighted by atomic mass is 35.5. The number of nitrogens with one attached hydrogen (secondary N) is 1. The summed E-state index contributed by atoms with van der Waals surface area (Å²) in [4.78, 5) is 28.6. The molecule has 1 heterocycles. The van der Waals surface area contributed by atoms with Gasteiger partial charge < -0.3 is 10.2 Å². The van der Waals surface area contributed by atoms with Crippen LogP contribution in [-0.2, 0) is 9.59 Å². The van der Waals surface area contributed by atoms with Gasteiger partial charge in [-0.3, -0.25) is 14.5 Å². The normalized spacial score (nSPS) is 23.4. The minimum atomic E-state index is 0.0688. The number of amides is 2. The van der Waals surface area contributed by atoms with Gasteiger partial charge >= 0.3 is 0 Å². The van der Waals surface area contributed by atoms with Crippen LogP contribution in [0.25, 0.3) is 0 Å². The lowest BCUT2D eigenvalue weighted by Crippen LogP contribution is -2.51. The van der Waals surface area contributed by atoms with Crippen LogP contribution in [0.15, 0.2) is 24.3 Å². The Labute approximate surface area is 154 Å². The first-order valence-electron chi connectivity index (χ1n) is 9.12. The summed E-state index contributed by atoms with van der Waals surface area (Å²) in [5, 5.41) is 3.65. The Hall–Kier alpha value is -1.59. The monoisotopic (exact) mass is 363 g/mol. The second-order valence-electron chi connectivity index (χ2n) is 6.92. The number of hydrogen-bond acceptors (Lipinski definition) is 3. The fraction of sp³-hybridized carbons (Fsp3) is 0.579. The summed E-state index contributed by atoms with van der Waals surface area (Å²) >= 11 is 6.25. The van der Waals surface area contributed by atoms with Gasteiger partial charge in [-0.2, -0.15) is 0 Å². The van der Waals surface area contributed by atoms with Gasteiger partial charge in [0.05, 0.1) is 6.54 Å². The first-order chi connectivity index (χ1) is 12.1. The van der Waals surface area contributed by atoms with E-state index in [1.54, 1.807) is 0 Å². The van der Waals surface area contributed by atoms with E-state index >= 15 is 0 Å². The predicted molar refractivity (Wildman–Crippen MR) is 98.6 cm³/mol. The summed E-state index contributed by atoms with van der Waals surface area (Å²) < 4.78 is 0. The largest absolute Gasteiger partial charge is 0.355 e. The van der Waals surface area contributed by atoms with Crippen LogP contribution < -0.4 is 5.32 Å². The van der Waals surface area contributed by atoms with Gasteiger partial charge in [0.2, 0.25) is 11.8 Å². The average molecular weight is 364 g/mol. The Morgan fingerprint density at radius 1 is 1.20 bits per heavy atom. The van der Waals surface area contributed by atoms with Gasteiger partial charge in [-0.1, -0.05) is 36.7 Å². The fourth-order valence-corrected chi connectivity index (χ4v) is 3.75. The van der Waals surface area contributed by atoms with Gasteiger partial charge in [0.15, 0.2) is 0 Å². The van der Waals surface area contributed by atoms with Crippen LogP contribution in [0.4, 0.5) is 0 Å². The molecule has 0 bridgehead atoms. The molecule has 5 nitrogen and oxygen atoms in total. The number of nitrogens with zero attached hydrogens (tertiary/aromatic N) is 2. The van der Waals surface area contributed by atoms with Crippen molar-refractivity contribution in [2.24, 2.45) is 5.92 Å². The highest BCUT2D eigenvalue weighted by Crippen LogP contribution is 2.50. The van der Waals surface area contributed by atoms with Gasteiger partial charge in [-0.25, -0.2) is 0 Å². The summed E-state index contributed by atoms with van der Waals surface area (Å²) in [6, 6.07) is 7.80. The van der Waals surface area contributed by atoms with Crippen LogP contribution in [0.2, 0.25) is 5.02 Å². The molecule has 1 aromatic rings. The number of rotatable bonds is 6. The fourth-order valence-electron chi connectivity index (χ4n) is 3.47. The molecule has 25 heavy (non-hydrogen) atoms. The number of carbonyl (C=O) groups is 2. The van der Waals surface area contributed by atoms with E-state index in [1.807, 2.05) is 36.1 Å². The molecule has 6 heteroatoms. The number of hydrogen-bond donors (Lipinski definition) is 1. The molecule has 0 aromatic heterocycles. The molecule has 3 rings (SSSR count). The number of benzene rings is 1. The third-order valence-corrected chi connectivity index (χ3v) is 5.38. The van der Waals surface area contributed by atoms with Gasteiger partial charge in [-0.15, -0.1) is 0 Å². The Balaban J connectivity index is 1.45. The van der Waals surface area contributed by atoms with Crippen molar-refractivity contribution in [2.75, 3.05) is 39.3 Å². The minimum Gasteiger partial charge on any atom is -0.355 e. The second-order valence-corrected chi connectivity index (χ2v) is 7.33. The maximum Gasteiger partial charge on any atom is 0.234 e. The Morgan fingerprint density at radius 2 is 1.92 bits per heavy atom. The minimum absolute atomic E-state index is 0.0688. The van der Waals surface area contributed by atoms with Crippen LogP contribution in [0.3, 0.4) is 0 Å². The second kappa shape index (κ2) is 8.19. The van der Waals surface area contributed by atoms with Crippen molar-refractivity contribution in [3.63, 3.8) is 0 Å². The van der Waals surface area contributed by atoms with E-state index in [4.69, 9.17) is 11.6 Å². The zero-order chi connectivity index (χ0) is 17.8. The van der Waals surface area contributed by atoms with Crippen LogP contribution >= 0.6 is 11.6 Å². The first kappa shape index (κ1) is 18.2. The molecule has 2 atom stereocenters. The number of piperazine rings is 1. The van der Waals surface area contributed by atoms with Gasteiger partial charge in [0, 0.05) is 43.7 Å². The van der Waals surface area contributed by atoms with E-state index in [0.29, 0.717) is 19.6 Å². The lowest BCUT2D eigenvalue weighted by atomic mass is 10.1. The van der Waals surface area contributed by atoms with E-state index in [2.05, 4.69) is 10.2 Å². The standard InChI is InChI=1S/C19H26ClN3O2/c1-2-7-21-18(24)13-22-8-10-23(11-9-22)19(25)16-12-15(16)14-5-3-4-6-17(14)20/h3-6,15-16H,2,7-13H2,1H3,(H,21,24). The summed E-state index contributed by atoms with van der Waals surface area (Å²) in [7, 11) is 0. The van der Waals surface area contributed by atoms with Crippen molar-refractivity contribution < 1.29 is 9.59 Å². The van der Waals surface area contributed by atoms with Crippen molar-refractivity contribution in [1.82, 2.24) is 15.1 Å². The zero-order valence-corrected chi connectivity index (χ0v) is 15.5. The van der Waals surface area contributed by atoms with Crippen LogP contribution in [0, 0.1) is 5.92 Å². The van der Waals surface area contributed by atoms with Crippen molar-refractivity contribution in [2.45, 2.75) is 25.7 Å². The molecule has 1 aliphatic heterocycles. The molecule has 1 saturated heterocycles. The van der Waals surface area contributed by atoms with Crippen LogP contribution in [0.5, 0.6) is 0 Å². The summed E-state index contributed by atoms with van der Waals surface area (Å²) in [5.74, 6) is 0.640. The zero-order valence-electron chi connectivity index (χ0n) is 14.7. The van der Waals surface area contributed by atoms with E-state index in [9.17, 15) is 9.59 Å². The average Bonchev–Trinajstić information content (AvgIpc) is 3.41. The topological polar surface area (TPSA) is 52.7 Å². The van der Waals surface area contributed by atoms with Crippen molar-refractivity contribution >= 4 is 23.4 Å². The maximum absolute atomic E-state index is 12.7. The Morgan fingerprint density at radius 3 is 2.60 bits per heavy atom. The SMILES string of the molecule is CCCNC(=O)CN1CCN(C(=O)C2CC2c2ccccc2Cl)CC1. The molecule has 1 aromatic carbocycles. The smallest absolute Gasteiger partial charge is 0.234 e. The van der Waals surface area contributed by atoms with E-state index < -0.39 is 0 Å². The van der Waals surface area contributed by atoms with Crippen molar-refractivity contribution in [3.8, 4) is 0 Å². The molecular weight excluding hydrogens is 338 g/mol. The quantitative estimate of drug-likeness (QED) is 0.842. The lowest BCUT2D eigenvalue weighted by Gasteiger charge is -2.34. The molecule has 0 spiro atoms. The number of halogens is 1. The molecular formula is C19H26ClN3O2. The molecule has 1 saturated carbocycles. The van der Waals surface area contributed by atoms with Crippen LogP contribution in [-0.4, -0.2) is 60.9 Å². The first-order valence-corrected chi connectivity index (χ1v) is 9.50. The predicted octanol–water partition coefficient (Wildman–Crippen LogP) is 2.11. The van der Waals surface area contributed by atoms with E-state index in [-0.39, 0.29) is 23.7 Å². The maximum atomic E-state index is 12.7. The highest BCUT2D eigenvalue weighted by molar-refractivity contribution is 6.31. The Bertz CT molecular complexity index is 629. The van der Waals surface area contributed by atoms with Crippen molar-refractivity contribution in [1.29, 1.82) is 0 Å². The lowest BCUT2D eigenvalue weighted by molar-refractivity contribution is -0.134. The third kappa shape index (κ3) is 4.53. The molecule has 136 valence electrons. The Kier molecular flexibility index (Phi) is 5.97. The number of carbonyl (C=O) groups excluding carboxylic acids is 2. The van der Waals surface area contributed by atoms with E-state index in [0.717, 1.165) is 43.1 Å². The van der Waals surface area contributed by atoms with Gasteiger partial charge in [-0.05, 0) is 30.4 Å². The molecule has 2 fully saturated rings. The molecule has 2 amide bonds. The summed E-state index contributed by atoms with van der Waals surface area (Å²) in [5.41, 5.74) is 1.09. The van der Waals surface area contributed by atoms with E-state index in [1.165, 1.54) is 0 Å². The molecule has 1 aliphatic carbocycles. The van der Waals surface area contributed by atoms with Gasteiger partial charge in [0.25, 0.3) is 0 Å². The summed E-state index contributed by atoms with van der Waals surface area (Å²) in [6.07, 6.45) is 1.84.